The Morgan fingerprint density at radius 3 is 1.69 bits per heavy atom. The largest absolute Gasteiger partial charge is 0.332 e. The van der Waals surface area contributed by atoms with Crippen LogP contribution in [0.1, 0.15) is 103 Å². The van der Waals surface area contributed by atoms with Gasteiger partial charge in [-0.3, -0.25) is 13.9 Å². The van der Waals surface area contributed by atoms with Crippen LogP contribution in [0, 0.1) is 0 Å². The monoisotopic (exact) mass is 504 g/mol. The molecule has 0 saturated carbocycles. The number of nitrogens with zero attached hydrogens (tertiary/aromatic N) is 4. The van der Waals surface area contributed by atoms with Crippen LogP contribution in [0.25, 0.3) is 11.2 Å². The summed E-state index contributed by atoms with van der Waals surface area (Å²) in [6.45, 7) is 7.40. The first-order valence-electron chi connectivity index (χ1n) is 14.6. The number of hydrogen-bond donors (Lipinski definition) is 2. The van der Waals surface area contributed by atoms with E-state index in [1.54, 1.807) is 25.0 Å². The van der Waals surface area contributed by atoms with E-state index in [-0.39, 0.29) is 11.2 Å². The minimum atomic E-state index is -0.272. The topological polar surface area (TPSA) is 85.9 Å². The Morgan fingerprint density at radius 1 is 0.694 bits per heavy atom. The van der Waals surface area contributed by atoms with E-state index in [0.29, 0.717) is 17.7 Å². The predicted molar refractivity (Wildman–Crippen MR) is 151 cm³/mol. The van der Waals surface area contributed by atoms with Crippen LogP contribution in [0.3, 0.4) is 0 Å². The minimum Gasteiger partial charge on any atom is -0.328 e. The molecule has 0 aliphatic heterocycles. The van der Waals surface area contributed by atoms with Crippen molar-refractivity contribution in [2.45, 2.75) is 110 Å². The molecule has 2 aromatic rings. The van der Waals surface area contributed by atoms with Gasteiger partial charge in [-0.05, 0) is 58.3 Å². The first-order chi connectivity index (χ1) is 17.6. The second kappa shape index (κ2) is 18.3. The number of aromatic nitrogens is 4. The van der Waals surface area contributed by atoms with Crippen LogP contribution in [-0.4, -0.2) is 44.9 Å². The van der Waals surface area contributed by atoms with Crippen molar-refractivity contribution in [3.8, 4) is 0 Å². The van der Waals surface area contributed by atoms with Gasteiger partial charge in [0.25, 0.3) is 5.56 Å². The van der Waals surface area contributed by atoms with Gasteiger partial charge >= 0.3 is 5.69 Å². The second-order valence-electron chi connectivity index (χ2n) is 10.3. The molecule has 2 heterocycles. The summed E-state index contributed by atoms with van der Waals surface area (Å²) in [7, 11) is 3.47. The number of fused-ring (bicyclic) bond motifs is 1. The van der Waals surface area contributed by atoms with E-state index in [1.807, 2.05) is 0 Å². The highest BCUT2D eigenvalue weighted by atomic mass is 16.2. The Kier molecular flexibility index (Phi) is 15.4. The normalized spacial score (nSPS) is 11.6. The Hall–Kier alpha value is -1.93. The first kappa shape index (κ1) is 30.3. The van der Waals surface area contributed by atoms with Crippen molar-refractivity contribution in [3.05, 3.63) is 27.2 Å². The molecular weight excluding hydrogens is 452 g/mol. The maximum absolute atomic E-state index is 12.7. The van der Waals surface area contributed by atoms with Crippen LogP contribution in [0.5, 0.6) is 0 Å². The molecule has 0 atom stereocenters. The third-order valence-electron chi connectivity index (χ3n) is 7.10. The summed E-state index contributed by atoms with van der Waals surface area (Å²) in [5, 5.41) is 7.11. The molecule has 36 heavy (non-hydrogen) atoms. The van der Waals surface area contributed by atoms with Crippen molar-refractivity contribution in [1.82, 2.24) is 29.3 Å². The lowest BCUT2D eigenvalue weighted by atomic mass is 10.1. The zero-order valence-electron chi connectivity index (χ0n) is 23.3. The van der Waals surface area contributed by atoms with Crippen LogP contribution in [-0.2, 0) is 20.6 Å². The van der Waals surface area contributed by atoms with Crippen LogP contribution < -0.4 is 21.9 Å². The van der Waals surface area contributed by atoms with Gasteiger partial charge in [0.1, 0.15) is 0 Å². The van der Waals surface area contributed by atoms with E-state index in [2.05, 4.69) is 22.5 Å². The molecule has 0 saturated heterocycles. The molecular formula is C28H52N6O2. The summed E-state index contributed by atoms with van der Waals surface area (Å²) >= 11 is 0. The van der Waals surface area contributed by atoms with Gasteiger partial charge in [0.15, 0.2) is 11.2 Å². The number of nitrogens with one attached hydrogen (secondary N) is 2. The first-order valence-corrected chi connectivity index (χ1v) is 14.6. The van der Waals surface area contributed by atoms with Gasteiger partial charge in [-0.1, -0.05) is 71.1 Å². The molecule has 0 aliphatic rings. The maximum atomic E-state index is 12.7. The van der Waals surface area contributed by atoms with Crippen LogP contribution in [0.2, 0.25) is 0 Å². The highest BCUT2D eigenvalue weighted by molar-refractivity contribution is 5.69. The number of rotatable bonds is 22. The Balaban J connectivity index is 1.39. The summed E-state index contributed by atoms with van der Waals surface area (Å²) in [5.41, 5.74) is 0.449. The Labute approximate surface area is 217 Å². The number of unbranched alkanes of at least 4 members (excludes halogenated alkanes) is 12. The van der Waals surface area contributed by atoms with Gasteiger partial charge in [0.2, 0.25) is 0 Å². The summed E-state index contributed by atoms with van der Waals surface area (Å²) in [4.78, 5) is 29.4. The minimum absolute atomic E-state index is 0.228. The van der Waals surface area contributed by atoms with Gasteiger partial charge in [-0.15, -0.1) is 0 Å². The maximum Gasteiger partial charge on any atom is 0.332 e. The van der Waals surface area contributed by atoms with Crippen molar-refractivity contribution in [2.75, 3.05) is 26.2 Å². The molecule has 206 valence electrons. The van der Waals surface area contributed by atoms with E-state index in [4.69, 9.17) is 0 Å². The van der Waals surface area contributed by atoms with Crippen LogP contribution >= 0.6 is 0 Å². The summed E-state index contributed by atoms with van der Waals surface area (Å²) in [6.07, 6.45) is 20.3. The third-order valence-corrected chi connectivity index (χ3v) is 7.10. The highest BCUT2D eigenvalue weighted by Gasteiger charge is 2.14. The molecule has 8 nitrogen and oxygen atoms in total. The van der Waals surface area contributed by atoms with Gasteiger partial charge in [0.05, 0.1) is 6.33 Å². The number of aryl methyl sites for hydroxylation is 2. The number of hydrogen-bond acceptors (Lipinski definition) is 5. The highest BCUT2D eigenvalue weighted by Crippen LogP contribution is 2.10. The van der Waals surface area contributed by atoms with E-state index >= 15 is 0 Å². The Morgan fingerprint density at radius 2 is 1.17 bits per heavy atom. The lowest BCUT2D eigenvalue weighted by Gasteiger charge is -2.08. The molecule has 2 N–H and O–H groups in total. The fraction of sp³-hybridized carbons (Fsp3) is 0.821. The molecule has 0 unspecified atom stereocenters. The molecule has 0 bridgehead atoms. The molecule has 0 fully saturated rings. The average molecular weight is 505 g/mol. The molecule has 0 spiro atoms. The zero-order chi connectivity index (χ0) is 26.0. The molecule has 8 heteroatoms. The molecule has 2 aromatic heterocycles. The van der Waals surface area contributed by atoms with Gasteiger partial charge in [-0.25, -0.2) is 9.78 Å². The van der Waals surface area contributed by atoms with Crippen molar-refractivity contribution in [1.29, 1.82) is 0 Å². The summed E-state index contributed by atoms with van der Waals surface area (Å²) < 4.78 is 4.53. The van der Waals surface area contributed by atoms with Crippen molar-refractivity contribution < 1.29 is 0 Å². The summed E-state index contributed by atoms with van der Waals surface area (Å²) in [5.74, 6) is 0. The lowest BCUT2D eigenvalue weighted by molar-refractivity contribution is 0.510. The van der Waals surface area contributed by atoms with Crippen molar-refractivity contribution in [3.63, 3.8) is 0 Å². The van der Waals surface area contributed by atoms with Crippen LogP contribution in [0.4, 0.5) is 0 Å². The van der Waals surface area contributed by atoms with Gasteiger partial charge in [0, 0.05) is 20.6 Å². The smallest absolute Gasteiger partial charge is 0.328 e. The fourth-order valence-electron chi connectivity index (χ4n) is 4.76. The van der Waals surface area contributed by atoms with Crippen LogP contribution in [0.15, 0.2) is 15.9 Å². The van der Waals surface area contributed by atoms with Crippen molar-refractivity contribution >= 4 is 11.2 Å². The van der Waals surface area contributed by atoms with Gasteiger partial charge < -0.3 is 15.2 Å². The SMILES string of the molecule is CCCCNCCCCCCNCCCCCCCCCCCn1c(=O)c2c(ncn2C)n(C)c1=O. The zero-order valence-corrected chi connectivity index (χ0v) is 23.3. The van der Waals surface area contributed by atoms with Gasteiger partial charge in [-0.2, -0.15) is 0 Å². The lowest BCUT2D eigenvalue weighted by Crippen LogP contribution is -2.39. The Bertz CT molecular complexity index is 961. The molecule has 0 aromatic carbocycles. The molecule has 0 amide bonds. The molecule has 0 aliphatic carbocycles. The van der Waals surface area contributed by atoms with E-state index in [0.717, 1.165) is 25.9 Å². The van der Waals surface area contributed by atoms with E-state index in [1.165, 1.54) is 106 Å². The molecule has 0 radical (unpaired) electrons. The summed E-state index contributed by atoms with van der Waals surface area (Å²) in [6, 6.07) is 0. The quantitative estimate of drug-likeness (QED) is 0.231. The third kappa shape index (κ3) is 10.6. The predicted octanol–water partition coefficient (Wildman–Crippen LogP) is 4.48. The van der Waals surface area contributed by atoms with E-state index in [9.17, 15) is 9.59 Å². The van der Waals surface area contributed by atoms with Crippen molar-refractivity contribution in [2.24, 2.45) is 14.1 Å². The van der Waals surface area contributed by atoms with E-state index < -0.39 is 0 Å². The number of imidazole rings is 1. The fourth-order valence-corrected chi connectivity index (χ4v) is 4.76. The average Bonchev–Trinajstić information content (AvgIpc) is 3.27. The molecule has 2 rings (SSSR count). The second-order valence-corrected chi connectivity index (χ2v) is 10.3. The standard InChI is InChI=1S/C28H52N6O2/c1-4-5-19-29-20-16-12-13-17-22-30-21-15-11-9-7-6-8-10-14-18-23-34-27(35)25-26(31-24-32(25)2)33(3)28(34)36/h24,29-30H,4-23H2,1-3H3.